The molecule has 0 saturated carbocycles. The summed E-state index contributed by atoms with van der Waals surface area (Å²) < 4.78 is 6.56. The van der Waals surface area contributed by atoms with Crippen molar-refractivity contribution in [3.63, 3.8) is 0 Å². The van der Waals surface area contributed by atoms with Crippen molar-refractivity contribution in [2.24, 2.45) is 0 Å². The molecule has 3 aromatic carbocycles. The number of nitrogens with zero attached hydrogens (tertiary/aromatic N) is 2. The second kappa shape index (κ2) is 10.9. The maximum atomic E-state index is 13.5. The summed E-state index contributed by atoms with van der Waals surface area (Å²) in [5.41, 5.74) is 1.42. The molecular formula is C27H18ClN3O4S. The number of rotatable bonds is 5. The third-order valence-electron chi connectivity index (χ3n) is 5.12. The highest BCUT2D eigenvalue weighted by atomic mass is 35.5. The smallest absolute Gasteiger partial charge is 0.337 e. The van der Waals surface area contributed by atoms with E-state index in [1.165, 1.54) is 11.7 Å². The van der Waals surface area contributed by atoms with E-state index in [1.54, 1.807) is 84.9 Å². The number of nitrogens with one attached hydrogen (secondary N) is 1. The summed E-state index contributed by atoms with van der Waals surface area (Å²) in [5.74, 6) is -1.12. The van der Waals surface area contributed by atoms with Gasteiger partial charge in [0, 0.05) is 10.7 Å². The van der Waals surface area contributed by atoms with E-state index in [0.717, 1.165) is 11.3 Å². The highest BCUT2D eigenvalue weighted by Gasteiger charge is 2.17. The molecule has 4 aromatic rings. The molecule has 1 heterocycles. The van der Waals surface area contributed by atoms with Crippen molar-refractivity contribution >= 4 is 52.2 Å². The van der Waals surface area contributed by atoms with Crippen LogP contribution in [0.15, 0.2) is 83.7 Å². The van der Waals surface area contributed by atoms with Gasteiger partial charge in [0.25, 0.3) is 11.5 Å². The number of halogens is 1. The largest absolute Gasteiger partial charge is 0.465 e. The molecule has 1 amide bonds. The lowest BCUT2D eigenvalue weighted by atomic mass is 10.1. The van der Waals surface area contributed by atoms with E-state index in [9.17, 15) is 19.6 Å². The van der Waals surface area contributed by atoms with E-state index in [-0.39, 0.29) is 15.8 Å². The second-order valence-electron chi connectivity index (χ2n) is 7.45. The van der Waals surface area contributed by atoms with Gasteiger partial charge in [0.15, 0.2) is 5.57 Å². The van der Waals surface area contributed by atoms with Crippen LogP contribution in [0, 0.1) is 11.3 Å². The zero-order valence-corrected chi connectivity index (χ0v) is 20.5. The minimum Gasteiger partial charge on any atom is -0.465 e. The Morgan fingerprint density at radius 3 is 2.31 bits per heavy atom. The number of esters is 1. The first-order chi connectivity index (χ1) is 17.4. The van der Waals surface area contributed by atoms with Gasteiger partial charge in [-0.1, -0.05) is 41.9 Å². The van der Waals surface area contributed by atoms with E-state index in [0.29, 0.717) is 32.1 Å². The summed E-state index contributed by atoms with van der Waals surface area (Å²) in [6.45, 7) is 0. The molecule has 0 aliphatic carbocycles. The number of carbonyl (C=O) groups excluding carboxylic acids is 2. The predicted molar refractivity (Wildman–Crippen MR) is 140 cm³/mol. The number of hydrogen-bond acceptors (Lipinski definition) is 6. The van der Waals surface area contributed by atoms with Crippen LogP contribution in [0.4, 0.5) is 5.69 Å². The van der Waals surface area contributed by atoms with E-state index in [4.69, 9.17) is 16.3 Å². The highest BCUT2D eigenvalue weighted by Crippen LogP contribution is 2.14. The van der Waals surface area contributed by atoms with Crippen molar-refractivity contribution in [1.29, 1.82) is 5.26 Å². The number of hydrogen-bond donors (Lipinski definition) is 1. The average Bonchev–Trinajstić information content (AvgIpc) is 3.21. The lowest BCUT2D eigenvalue weighted by Gasteiger charge is -2.06. The Bertz CT molecular complexity index is 1650. The minimum absolute atomic E-state index is 0.192. The molecule has 1 N–H and O–H groups in total. The van der Waals surface area contributed by atoms with Crippen LogP contribution in [0.1, 0.15) is 15.9 Å². The third-order valence-corrected chi connectivity index (χ3v) is 6.47. The standard InChI is InChI=1S/C27H18ClN3O4S/c1-35-27(34)18-9-7-17(8-10-18)15-23-25(33)31(21-5-3-2-4-6-21)26(36-23)22(16-29)24(32)30-20-13-11-19(28)12-14-20/h2-15H,1H3,(H,30,32). The van der Waals surface area contributed by atoms with Crippen LogP contribution in [0.5, 0.6) is 0 Å². The molecule has 7 nitrogen and oxygen atoms in total. The van der Waals surface area contributed by atoms with Crippen LogP contribution in [0.25, 0.3) is 17.3 Å². The molecule has 0 fully saturated rings. The van der Waals surface area contributed by atoms with E-state index in [1.807, 2.05) is 6.07 Å². The molecule has 0 aliphatic rings. The summed E-state index contributed by atoms with van der Waals surface area (Å²) in [6, 6.07) is 23.7. The topological polar surface area (TPSA) is 101 Å². The minimum atomic E-state index is -0.653. The van der Waals surface area contributed by atoms with Crippen LogP contribution < -0.4 is 20.1 Å². The Balaban J connectivity index is 1.88. The number of amides is 1. The number of methoxy groups -OCH3 is 1. The Morgan fingerprint density at radius 1 is 1.03 bits per heavy atom. The molecule has 4 rings (SSSR count). The van der Waals surface area contributed by atoms with Crippen LogP contribution in [-0.2, 0) is 9.53 Å². The molecule has 0 unspecified atom stereocenters. The van der Waals surface area contributed by atoms with Crippen molar-refractivity contribution in [2.75, 3.05) is 12.4 Å². The number of thiazole rings is 1. The monoisotopic (exact) mass is 515 g/mol. The molecule has 36 heavy (non-hydrogen) atoms. The molecule has 0 bridgehead atoms. The van der Waals surface area contributed by atoms with E-state index < -0.39 is 11.9 Å². The molecular weight excluding hydrogens is 498 g/mol. The number of carbonyl (C=O) groups is 2. The van der Waals surface area contributed by atoms with Crippen molar-refractivity contribution in [1.82, 2.24) is 4.57 Å². The number of nitriles is 1. The summed E-state index contributed by atoms with van der Waals surface area (Å²) in [5, 5.41) is 13.1. The van der Waals surface area contributed by atoms with Gasteiger partial charge in [-0.05, 0) is 60.2 Å². The van der Waals surface area contributed by atoms with Gasteiger partial charge in [0.1, 0.15) is 10.7 Å². The van der Waals surface area contributed by atoms with Crippen molar-refractivity contribution in [3.05, 3.63) is 115 Å². The zero-order valence-electron chi connectivity index (χ0n) is 18.9. The lowest BCUT2D eigenvalue weighted by molar-refractivity contribution is -0.111. The van der Waals surface area contributed by atoms with Crippen molar-refractivity contribution in [3.8, 4) is 11.8 Å². The van der Waals surface area contributed by atoms with Crippen LogP contribution in [0.2, 0.25) is 5.02 Å². The Labute approximate surface area is 214 Å². The third kappa shape index (κ3) is 5.28. The predicted octanol–water partition coefficient (Wildman–Crippen LogP) is 3.48. The Morgan fingerprint density at radius 2 is 1.69 bits per heavy atom. The molecule has 178 valence electrons. The summed E-state index contributed by atoms with van der Waals surface area (Å²) in [4.78, 5) is 38.2. The fourth-order valence-corrected chi connectivity index (χ4v) is 4.60. The van der Waals surface area contributed by atoms with Crippen molar-refractivity contribution < 1.29 is 14.3 Å². The van der Waals surface area contributed by atoms with Gasteiger partial charge in [-0.15, -0.1) is 11.3 Å². The van der Waals surface area contributed by atoms with Gasteiger partial charge in [-0.2, -0.15) is 5.26 Å². The van der Waals surface area contributed by atoms with E-state index in [2.05, 4.69) is 5.32 Å². The number of ether oxygens (including phenoxy) is 1. The fourth-order valence-electron chi connectivity index (χ4n) is 3.37. The van der Waals surface area contributed by atoms with Gasteiger partial charge in [-0.25, -0.2) is 4.79 Å². The zero-order chi connectivity index (χ0) is 25.7. The summed E-state index contributed by atoms with van der Waals surface area (Å²) >= 11 is 6.93. The second-order valence-corrected chi connectivity index (χ2v) is 8.92. The van der Waals surface area contributed by atoms with E-state index >= 15 is 0 Å². The molecule has 0 aliphatic heterocycles. The molecule has 9 heteroatoms. The van der Waals surface area contributed by atoms with Crippen LogP contribution in [-0.4, -0.2) is 23.6 Å². The summed E-state index contributed by atoms with van der Waals surface area (Å²) in [7, 11) is 1.30. The lowest BCUT2D eigenvalue weighted by Crippen LogP contribution is -2.32. The molecule has 0 radical (unpaired) electrons. The highest BCUT2D eigenvalue weighted by molar-refractivity contribution is 7.07. The van der Waals surface area contributed by atoms with Gasteiger partial charge in [0.05, 0.1) is 22.9 Å². The van der Waals surface area contributed by atoms with Crippen LogP contribution >= 0.6 is 22.9 Å². The number of aromatic nitrogens is 1. The quantitative estimate of drug-likeness (QED) is 0.410. The number of anilines is 1. The van der Waals surface area contributed by atoms with Crippen molar-refractivity contribution in [2.45, 2.75) is 0 Å². The first-order valence-corrected chi connectivity index (χ1v) is 11.8. The maximum Gasteiger partial charge on any atom is 0.337 e. The van der Waals surface area contributed by atoms with Gasteiger partial charge in [0.2, 0.25) is 0 Å². The first kappa shape index (κ1) is 24.7. The molecule has 0 atom stereocenters. The molecule has 0 saturated heterocycles. The normalized spacial score (nSPS) is 12.0. The maximum absolute atomic E-state index is 13.5. The van der Waals surface area contributed by atoms with Gasteiger partial charge in [-0.3, -0.25) is 14.2 Å². The first-order valence-electron chi connectivity index (χ1n) is 10.6. The molecule has 1 aromatic heterocycles. The van der Waals surface area contributed by atoms with Gasteiger partial charge < -0.3 is 10.1 Å². The Kier molecular flexibility index (Phi) is 7.44. The van der Waals surface area contributed by atoms with Gasteiger partial charge >= 0.3 is 5.97 Å². The number of benzene rings is 3. The number of para-hydroxylation sites is 1. The molecule has 0 spiro atoms. The van der Waals surface area contributed by atoms with Crippen LogP contribution in [0.3, 0.4) is 0 Å². The summed E-state index contributed by atoms with van der Waals surface area (Å²) in [6.07, 6.45) is 1.64. The fraction of sp³-hybridized carbons (Fsp3) is 0.0370. The Hall–Kier alpha value is -4.45. The SMILES string of the molecule is COC(=O)c1ccc(C=c2sc(=C(C#N)C(=O)Nc3ccc(Cl)cc3)n(-c3ccccc3)c2=O)cc1. The average molecular weight is 516 g/mol.